The molecule has 1 atom stereocenters. The van der Waals surface area contributed by atoms with E-state index in [1.54, 1.807) is 32.9 Å². The summed E-state index contributed by atoms with van der Waals surface area (Å²) in [6.45, 7) is 20.2. The van der Waals surface area contributed by atoms with E-state index in [9.17, 15) is 24.4 Å². The number of alkyl carbamates (subject to hydrolysis) is 1. The number of aryl methyl sites for hydroxylation is 1. The highest BCUT2D eigenvalue weighted by molar-refractivity contribution is 6.20. The molecule has 5 rings (SSSR count). The molecule has 12 nitrogen and oxygen atoms in total. The number of piperazine rings is 1. The number of carbonyl (C=O) groups is 4. The average molecular weight is 727 g/mol. The van der Waals surface area contributed by atoms with Gasteiger partial charge in [-0.3, -0.25) is 14.4 Å². The van der Waals surface area contributed by atoms with Crippen LogP contribution in [0.1, 0.15) is 107 Å². The molecule has 1 aliphatic carbocycles. The number of ether oxygens (including phenoxy) is 2. The predicted octanol–water partition coefficient (Wildman–Crippen LogP) is 5.58. The van der Waals surface area contributed by atoms with Gasteiger partial charge < -0.3 is 34.9 Å². The Morgan fingerprint density at radius 2 is 1.74 bits per heavy atom. The predicted molar refractivity (Wildman–Crippen MR) is 204 cm³/mol. The fourth-order valence-electron chi connectivity index (χ4n) is 7.19. The highest BCUT2D eigenvalue weighted by Gasteiger charge is 2.41. The lowest BCUT2D eigenvalue weighted by Crippen LogP contribution is -2.54. The lowest BCUT2D eigenvalue weighted by atomic mass is 9.70. The fourth-order valence-corrected chi connectivity index (χ4v) is 7.19. The van der Waals surface area contributed by atoms with Crippen molar-refractivity contribution in [1.82, 2.24) is 20.5 Å². The van der Waals surface area contributed by atoms with Crippen molar-refractivity contribution in [2.24, 2.45) is 5.41 Å². The Kier molecular flexibility index (Phi) is 11.3. The summed E-state index contributed by atoms with van der Waals surface area (Å²) < 4.78 is 11.0. The molecule has 1 aromatic heterocycles. The maximum atomic E-state index is 14.0. The molecule has 284 valence electrons. The number of benzene rings is 2. The number of H-pyrrole nitrogens is 1. The number of nitrogens with one attached hydrogen (secondary N) is 3. The van der Waals surface area contributed by atoms with E-state index in [4.69, 9.17) is 9.47 Å². The van der Waals surface area contributed by atoms with Crippen LogP contribution in [0.3, 0.4) is 0 Å². The van der Waals surface area contributed by atoms with Crippen molar-refractivity contribution in [1.29, 1.82) is 5.26 Å². The quantitative estimate of drug-likeness (QED) is 0.229. The summed E-state index contributed by atoms with van der Waals surface area (Å²) in [7, 11) is 0. The highest BCUT2D eigenvalue weighted by Crippen LogP contribution is 2.46. The van der Waals surface area contributed by atoms with Crippen LogP contribution in [0.2, 0.25) is 0 Å². The zero-order chi connectivity index (χ0) is 38.9. The Bertz CT molecular complexity index is 1930. The first-order valence-corrected chi connectivity index (χ1v) is 18.5. The summed E-state index contributed by atoms with van der Waals surface area (Å²) >= 11 is 0. The average Bonchev–Trinajstić information content (AvgIpc) is 3.49. The van der Waals surface area contributed by atoms with Crippen molar-refractivity contribution in [3.63, 3.8) is 0 Å². The molecule has 2 aliphatic rings. The maximum absolute atomic E-state index is 14.0. The molecule has 0 radical (unpaired) electrons. The molecule has 1 aliphatic heterocycles. The third kappa shape index (κ3) is 8.51. The molecule has 0 spiro atoms. The summed E-state index contributed by atoms with van der Waals surface area (Å²) in [6, 6.07) is 11.0. The van der Waals surface area contributed by atoms with E-state index in [0.717, 1.165) is 39.8 Å². The van der Waals surface area contributed by atoms with Gasteiger partial charge in [0.15, 0.2) is 5.78 Å². The number of rotatable bonds is 10. The second kappa shape index (κ2) is 15.2. The van der Waals surface area contributed by atoms with Crippen molar-refractivity contribution in [2.75, 3.05) is 50.8 Å². The normalized spacial score (nSPS) is 16.0. The molecule has 1 fully saturated rings. The molecule has 0 bridgehead atoms. The van der Waals surface area contributed by atoms with Gasteiger partial charge in [0.05, 0.1) is 17.2 Å². The number of ketones is 1. The SMILES string of the molecule is CCc1cc2c(cc1N1CCN(C(=O)COCCCNC(=O)[C@@H](NC(=O)OC(C)(C)C)C(C)(C)C)CC1)C(C)(C)c1[nH]c3cc(C#N)ccc3c1C2=O. The van der Waals surface area contributed by atoms with Gasteiger partial charge in [-0.2, -0.15) is 5.26 Å². The van der Waals surface area contributed by atoms with Gasteiger partial charge in [-0.15, -0.1) is 0 Å². The number of aromatic nitrogens is 1. The molecule has 12 heteroatoms. The first-order valence-electron chi connectivity index (χ1n) is 18.5. The van der Waals surface area contributed by atoms with E-state index in [-0.39, 0.29) is 24.2 Å². The lowest BCUT2D eigenvalue weighted by Gasteiger charge is -2.39. The number of fused-ring (bicyclic) bond motifs is 4. The van der Waals surface area contributed by atoms with Crippen LogP contribution < -0.4 is 15.5 Å². The van der Waals surface area contributed by atoms with Crippen molar-refractivity contribution < 1.29 is 28.7 Å². The molecular weight excluding hydrogens is 672 g/mol. The van der Waals surface area contributed by atoms with Crippen LogP contribution >= 0.6 is 0 Å². The standard InChI is InChI=1S/C41H54N6O6/c1-10-26-21-28-29(41(8,9)35-33(34(28)49)27-13-12-25(23-42)20-30(27)44-35)22-31(26)46-15-17-47(18-16-46)32(48)24-52-19-11-14-43-37(50)36(39(2,3)4)45-38(51)53-40(5,6)7/h12-13,20-22,36,44H,10-11,14-19,24H2,1-9H3,(H,43,50)(H,45,51)/t36-/m1/s1. The van der Waals surface area contributed by atoms with Crippen LogP contribution in [0, 0.1) is 16.7 Å². The van der Waals surface area contributed by atoms with Crippen LogP contribution in [0.25, 0.3) is 10.9 Å². The molecule has 0 saturated carbocycles. The molecular formula is C41H54N6O6. The molecule has 53 heavy (non-hydrogen) atoms. The Morgan fingerprint density at radius 1 is 1.04 bits per heavy atom. The van der Waals surface area contributed by atoms with E-state index in [0.29, 0.717) is 62.4 Å². The number of aromatic amines is 1. The van der Waals surface area contributed by atoms with Crippen molar-refractivity contribution >= 4 is 40.3 Å². The topological polar surface area (TPSA) is 157 Å². The number of hydrogen-bond acceptors (Lipinski definition) is 8. The monoisotopic (exact) mass is 726 g/mol. The van der Waals surface area contributed by atoms with E-state index in [1.807, 2.05) is 31.7 Å². The smallest absolute Gasteiger partial charge is 0.408 e. The number of amides is 3. The zero-order valence-electron chi connectivity index (χ0n) is 32.6. The third-order valence-electron chi connectivity index (χ3n) is 10.0. The minimum Gasteiger partial charge on any atom is -0.444 e. The summed E-state index contributed by atoms with van der Waals surface area (Å²) in [5.41, 5.74) is 5.03. The van der Waals surface area contributed by atoms with E-state index < -0.39 is 28.6 Å². The molecule has 3 amide bonds. The van der Waals surface area contributed by atoms with Gasteiger partial charge in [-0.1, -0.05) is 47.6 Å². The Labute approximate surface area is 312 Å². The molecule has 3 aromatic rings. The van der Waals surface area contributed by atoms with Gasteiger partial charge in [0.2, 0.25) is 11.8 Å². The summed E-state index contributed by atoms with van der Waals surface area (Å²) in [6.07, 6.45) is 0.618. The first kappa shape index (κ1) is 39.3. The maximum Gasteiger partial charge on any atom is 0.408 e. The van der Waals surface area contributed by atoms with Crippen molar-refractivity contribution in [2.45, 2.75) is 92.2 Å². The Balaban J connectivity index is 1.14. The van der Waals surface area contributed by atoms with Gasteiger partial charge in [0, 0.05) is 72.6 Å². The van der Waals surface area contributed by atoms with Gasteiger partial charge in [-0.05, 0) is 74.4 Å². The van der Waals surface area contributed by atoms with Crippen LogP contribution in [0.4, 0.5) is 10.5 Å². The second-order valence-corrected chi connectivity index (χ2v) is 16.6. The molecule has 3 N–H and O–H groups in total. The Hall–Kier alpha value is -4.89. The summed E-state index contributed by atoms with van der Waals surface area (Å²) in [5, 5.41) is 15.8. The van der Waals surface area contributed by atoms with Crippen LogP contribution in [-0.2, 0) is 30.9 Å². The summed E-state index contributed by atoms with van der Waals surface area (Å²) in [4.78, 5) is 59.9. The lowest BCUT2D eigenvalue weighted by molar-refractivity contribution is -0.136. The molecule has 2 aromatic carbocycles. The van der Waals surface area contributed by atoms with Gasteiger partial charge in [0.25, 0.3) is 0 Å². The van der Waals surface area contributed by atoms with E-state index >= 15 is 0 Å². The number of hydrogen-bond donors (Lipinski definition) is 3. The zero-order valence-corrected chi connectivity index (χ0v) is 32.6. The summed E-state index contributed by atoms with van der Waals surface area (Å²) in [5.74, 6) is -0.397. The van der Waals surface area contributed by atoms with Crippen molar-refractivity contribution in [3.8, 4) is 6.07 Å². The number of nitriles is 1. The molecule has 2 heterocycles. The van der Waals surface area contributed by atoms with Crippen LogP contribution in [-0.4, -0.2) is 91.2 Å². The number of carbonyl (C=O) groups excluding carboxylic acids is 4. The highest BCUT2D eigenvalue weighted by atomic mass is 16.6. The number of anilines is 1. The first-order chi connectivity index (χ1) is 24.8. The number of nitrogens with zero attached hydrogens (tertiary/aromatic N) is 3. The minimum absolute atomic E-state index is 0.00589. The molecule has 1 saturated heterocycles. The minimum atomic E-state index is -0.783. The largest absolute Gasteiger partial charge is 0.444 e. The second-order valence-electron chi connectivity index (χ2n) is 16.6. The van der Waals surface area contributed by atoms with Crippen LogP contribution in [0.15, 0.2) is 30.3 Å². The van der Waals surface area contributed by atoms with Gasteiger partial charge >= 0.3 is 6.09 Å². The van der Waals surface area contributed by atoms with Crippen LogP contribution in [0.5, 0.6) is 0 Å². The van der Waals surface area contributed by atoms with Gasteiger partial charge in [-0.25, -0.2) is 4.79 Å². The van der Waals surface area contributed by atoms with Crippen molar-refractivity contribution in [3.05, 3.63) is 63.8 Å². The van der Waals surface area contributed by atoms with E-state index in [2.05, 4.69) is 59.5 Å². The fraction of sp³-hybridized carbons (Fsp3) is 0.537. The van der Waals surface area contributed by atoms with E-state index in [1.165, 1.54) is 0 Å². The molecule has 0 unspecified atom stereocenters. The third-order valence-corrected chi connectivity index (χ3v) is 10.0. The Morgan fingerprint density at radius 3 is 2.36 bits per heavy atom. The van der Waals surface area contributed by atoms with Gasteiger partial charge in [0.1, 0.15) is 18.2 Å².